The van der Waals surface area contributed by atoms with Crippen molar-refractivity contribution in [1.29, 1.82) is 0 Å². The van der Waals surface area contributed by atoms with E-state index >= 15 is 0 Å². The van der Waals surface area contributed by atoms with E-state index in [9.17, 15) is 8.42 Å². The molecule has 0 bridgehead atoms. The topological polar surface area (TPSA) is 68.3 Å². The van der Waals surface area contributed by atoms with Crippen LogP contribution in [0.15, 0.2) is 24.5 Å². The van der Waals surface area contributed by atoms with E-state index in [1.807, 2.05) is 0 Å². The summed E-state index contributed by atoms with van der Waals surface area (Å²) in [7, 11) is -1.78. The van der Waals surface area contributed by atoms with Gasteiger partial charge in [-0.3, -0.25) is 4.98 Å². The minimum atomic E-state index is -3.30. The first-order valence-electron chi connectivity index (χ1n) is 5.53. The number of methoxy groups -OCH3 is 1. The first-order chi connectivity index (χ1) is 8.53. The molecule has 0 aliphatic heterocycles. The molecule has 18 heavy (non-hydrogen) atoms. The maximum absolute atomic E-state index is 11.7. The summed E-state index contributed by atoms with van der Waals surface area (Å²) in [5.74, 6) is 0.0353. The van der Waals surface area contributed by atoms with Crippen molar-refractivity contribution < 1.29 is 13.2 Å². The molecule has 1 atom stereocenters. The van der Waals surface area contributed by atoms with Gasteiger partial charge >= 0.3 is 0 Å². The number of sulfonamides is 1. The highest BCUT2D eigenvalue weighted by atomic mass is 35.5. The molecule has 0 saturated heterocycles. The summed E-state index contributed by atoms with van der Waals surface area (Å²) < 4.78 is 30.7. The lowest BCUT2D eigenvalue weighted by molar-refractivity contribution is 0.198. The van der Waals surface area contributed by atoms with Crippen LogP contribution in [0.25, 0.3) is 0 Å². The van der Waals surface area contributed by atoms with Gasteiger partial charge in [-0.15, -0.1) is 11.6 Å². The molecule has 0 radical (unpaired) electrons. The molecule has 0 amide bonds. The fourth-order valence-corrected chi connectivity index (χ4v) is 2.73. The maximum Gasteiger partial charge on any atom is 0.211 e. The first kappa shape index (κ1) is 15.4. The molecule has 1 unspecified atom stereocenters. The van der Waals surface area contributed by atoms with Gasteiger partial charge in [0.1, 0.15) is 0 Å². The minimum absolute atomic E-state index is 0.0353. The van der Waals surface area contributed by atoms with Crippen molar-refractivity contribution in [2.24, 2.45) is 0 Å². The lowest BCUT2D eigenvalue weighted by Crippen LogP contribution is -2.33. The van der Waals surface area contributed by atoms with Gasteiger partial charge in [0.2, 0.25) is 10.0 Å². The number of aryl methyl sites for hydroxylation is 1. The average Bonchev–Trinajstić information content (AvgIpc) is 2.36. The number of aromatic nitrogens is 1. The van der Waals surface area contributed by atoms with Gasteiger partial charge < -0.3 is 4.74 Å². The van der Waals surface area contributed by atoms with Gasteiger partial charge in [-0.1, -0.05) is 0 Å². The summed E-state index contributed by atoms with van der Waals surface area (Å²) in [6.07, 6.45) is 3.74. The van der Waals surface area contributed by atoms with Crippen molar-refractivity contribution in [2.45, 2.75) is 11.8 Å². The van der Waals surface area contributed by atoms with Crippen LogP contribution in [0, 0.1) is 0 Å². The predicted octanol–water partition coefficient (Wildman–Crippen LogP) is 0.797. The molecular weight excluding hydrogens is 276 g/mol. The van der Waals surface area contributed by atoms with E-state index in [4.69, 9.17) is 16.3 Å². The highest BCUT2D eigenvalue weighted by Gasteiger charge is 2.13. The van der Waals surface area contributed by atoms with E-state index in [0.717, 1.165) is 5.56 Å². The standard InChI is InChI=1S/C11H17ClN2O3S/c1-17-9-11(12)8-14-18(15,16)7-4-10-2-5-13-6-3-10/h2-3,5-6,11,14H,4,7-9H2,1H3. The van der Waals surface area contributed by atoms with Crippen LogP contribution in [0.3, 0.4) is 0 Å². The van der Waals surface area contributed by atoms with Gasteiger partial charge in [0.25, 0.3) is 0 Å². The van der Waals surface area contributed by atoms with Gasteiger partial charge in [-0.25, -0.2) is 13.1 Å². The Kier molecular flexibility index (Phi) is 6.56. The third-order valence-electron chi connectivity index (χ3n) is 2.28. The Hall–Kier alpha value is -0.690. The second kappa shape index (κ2) is 7.68. The van der Waals surface area contributed by atoms with E-state index in [-0.39, 0.29) is 17.7 Å². The Morgan fingerprint density at radius 1 is 1.44 bits per heavy atom. The number of pyridine rings is 1. The van der Waals surface area contributed by atoms with Crippen LogP contribution in [-0.2, 0) is 21.2 Å². The van der Waals surface area contributed by atoms with E-state index in [0.29, 0.717) is 13.0 Å². The second-order valence-electron chi connectivity index (χ2n) is 3.83. The van der Waals surface area contributed by atoms with E-state index in [2.05, 4.69) is 9.71 Å². The summed E-state index contributed by atoms with van der Waals surface area (Å²) in [5.41, 5.74) is 0.940. The number of halogens is 1. The van der Waals surface area contributed by atoms with Crippen LogP contribution in [0.4, 0.5) is 0 Å². The lowest BCUT2D eigenvalue weighted by Gasteiger charge is -2.10. The molecule has 5 nitrogen and oxygen atoms in total. The Balaban J connectivity index is 2.36. The summed E-state index contributed by atoms with van der Waals surface area (Å²) in [6.45, 7) is 0.489. The Labute approximate surface area is 113 Å². The molecule has 1 heterocycles. The molecule has 0 fully saturated rings. The Morgan fingerprint density at radius 3 is 2.72 bits per heavy atom. The molecule has 102 valence electrons. The number of nitrogens with one attached hydrogen (secondary N) is 1. The predicted molar refractivity (Wildman–Crippen MR) is 71.2 cm³/mol. The largest absolute Gasteiger partial charge is 0.383 e. The molecule has 1 aromatic heterocycles. The van der Waals surface area contributed by atoms with Crippen LogP contribution < -0.4 is 4.72 Å². The van der Waals surface area contributed by atoms with Crippen molar-refractivity contribution in [3.8, 4) is 0 Å². The molecule has 0 aliphatic rings. The molecule has 0 saturated carbocycles. The summed E-state index contributed by atoms with van der Waals surface area (Å²) in [4.78, 5) is 3.87. The van der Waals surface area contributed by atoms with Crippen molar-refractivity contribution >= 4 is 21.6 Å². The van der Waals surface area contributed by atoms with Crippen LogP contribution in [0.2, 0.25) is 0 Å². The van der Waals surface area contributed by atoms with Gasteiger partial charge in [0, 0.05) is 26.0 Å². The normalized spacial score (nSPS) is 13.4. The number of ether oxygens (including phenoxy) is 1. The number of hydrogen-bond donors (Lipinski definition) is 1. The zero-order chi connectivity index (χ0) is 13.4. The first-order valence-corrected chi connectivity index (χ1v) is 7.61. The maximum atomic E-state index is 11.7. The molecular formula is C11H17ClN2O3S. The Bertz CT molecular complexity index is 439. The second-order valence-corrected chi connectivity index (χ2v) is 6.37. The minimum Gasteiger partial charge on any atom is -0.383 e. The molecule has 1 N–H and O–H groups in total. The lowest BCUT2D eigenvalue weighted by atomic mass is 10.2. The van der Waals surface area contributed by atoms with Crippen molar-refractivity contribution in [3.63, 3.8) is 0 Å². The van der Waals surface area contributed by atoms with Crippen LogP contribution in [0.1, 0.15) is 5.56 Å². The number of alkyl halides is 1. The van der Waals surface area contributed by atoms with Gasteiger partial charge in [-0.05, 0) is 24.1 Å². The van der Waals surface area contributed by atoms with Crippen molar-refractivity contribution in [1.82, 2.24) is 9.71 Å². The molecule has 0 aliphatic carbocycles. The smallest absolute Gasteiger partial charge is 0.211 e. The van der Waals surface area contributed by atoms with Crippen LogP contribution in [0.5, 0.6) is 0 Å². The molecule has 1 rings (SSSR count). The van der Waals surface area contributed by atoms with E-state index < -0.39 is 10.0 Å². The molecule has 0 spiro atoms. The zero-order valence-corrected chi connectivity index (χ0v) is 11.7. The fourth-order valence-electron chi connectivity index (χ4n) is 1.33. The highest BCUT2D eigenvalue weighted by Crippen LogP contribution is 2.01. The molecule has 1 aromatic rings. The quantitative estimate of drug-likeness (QED) is 0.720. The molecule has 7 heteroatoms. The van der Waals surface area contributed by atoms with Crippen LogP contribution in [-0.4, -0.2) is 44.8 Å². The summed E-state index contributed by atoms with van der Waals surface area (Å²) in [6, 6.07) is 3.59. The van der Waals surface area contributed by atoms with Gasteiger partial charge in [0.15, 0.2) is 0 Å². The molecule has 0 aromatic carbocycles. The third kappa shape index (κ3) is 6.30. The van der Waals surface area contributed by atoms with Crippen LogP contribution >= 0.6 is 11.6 Å². The highest BCUT2D eigenvalue weighted by molar-refractivity contribution is 7.89. The van der Waals surface area contributed by atoms with Crippen molar-refractivity contribution in [2.75, 3.05) is 26.0 Å². The van der Waals surface area contributed by atoms with E-state index in [1.54, 1.807) is 24.5 Å². The fraction of sp³-hybridized carbons (Fsp3) is 0.545. The van der Waals surface area contributed by atoms with Gasteiger partial charge in [-0.2, -0.15) is 0 Å². The monoisotopic (exact) mass is 292 g/mol. The zero-order valence-electron chi connectivity index (χ0n) is 10.2. The number of hydrogen-bond acceptors (Lipinski definition) is 4. The SMILES string of the molecule is COCC(Cl)CNS(=O)(=O)CCc1ccncc1. The average molecular weight is 293 g/mol. The number of rotatable bonds is 8. The van der Waals surface area contributed by atoms with Gasteiger partial charge in [0.05, 0.1) is 17.7 Å². The Morgan fingerprint density at radius 2 is 2.11 bits per heavy atom. The van der Waals surface area contributed by atoms with E-state index in [1.165, 1.54) is 7.11 Å². The van der Waals surface area contributed by atoms with Crippen molar-refractivity contribution in [3.05, 3.63) is 30.1 Å². The number of nitrogens with zero attached hydrogens (tertiary/aromatic N) is 1. The summed E-state index contributed by atoms with van der Waals surface area (Å²) >= 11 is 5.84. The third-order valence-corrected chi connectivity index (χ3v) is 3.91. The summed E-state index contributed by atoms with van der Waals surface area (Å²) in [5, 5.41) is -0.356.